The molecule has 0 aliphatic heterocycles. The van der Waals surface area contributed by atoms with Crippen molar-refractivity contribution in [3.63, 3.8) is 0 Å². The van der Waals surface area contributed by atoms with Crippen LogP contribution >= 0.6 is 27.7 Å². The van der Waals surface area contributed by atoms with E-state index in [0.29, 0.717) is 23.3 Å². The normalized spacial score (nSPS) is 10.9. The molecule has 2 aromatic rings. The third kappa shape index (κ3) is 1.93. The predicted molar refractivity (Wildman–Crippen MR) is 61.4 cm³/mol. The fraction of sp³-hybridized carbons (Fsp3) is 0.375. The number of rotatable bonds is 3. The van der Waals surface area contributed by atoms with Gasteiger partial charge in [0.15, 0.2) is 0 Å². The van der Waals surface area contributed by atoms with E-state index in [1.807, 2.05) is 13.2 Å². The monoisotopic (exact) mass is 288 g/mol. The van der Waals surface area contributed by atoms with Crippen LogP contribution in [-0.4, -0.2) is 32.4 Å². The van der Waals surface area contributed by atoms with Gasteiger partial charge in [0.1, 0.15) is 4.60 Å². The third-order valence-electron chi connectivity index (χ3n) is 1.73. The van der Waals surface area contributed by atoms with Gasteiger partial charge in [-0.05, 0) is 29.1 Å². The highest BCUT2D eigenvalue weighted by atomic mass is 79.9. The van der Waals surface area contributed by atoms with E-state index in [1.54, 1.807) is 10.7 Å². The summed E-state index contributed by atoms with van der Waals surface area (Å²) in [6.45, 7) is 2.47. The van der Waals surface area contributed by atoms with Gasteiger partial charge in [-0.1, -0.05) is 11.8 Å². The average Bonchev–Trinajstić information content (AvgIpc) is 2.61. The Labute approximate surface area is 99.4 Å². The Morgan fingerprint density at radius 2 is 2.40 bits per heavy atom. The van der Waals surface area contributed by atoms with Crippen LogP contribution in [0.5, 0.6) is 5.88 Å². The lowest BCUT2D eigenvalue weighted by Gasteiger charge is -2.04. The Morgan fingerprint density at radius 3 is 3.07 bits per heavy atom. The molecule has 0 spiro atoms. The number of hydrogen-bond donors (Lipinski definition) is 0. The molecule has 0 aliphatic rings. The zero-order valence-corrected chi connectivity index (χ0v) is 10.7. The Bertz CT molecular complexity index is 487. The number of halogens is 1. The summed E-state index contributed by atoms with van der Waals surface area (Å²) in [7, 11) is 0. The Morgan fingerprint density at radius 1 is 1.60 bits per heavy atom. The van der Waals surface area contributed by atoms with Crippen molar-refractivity contribution in [2.75, 3.05) is 12.9 Å². The highest BCUT2D eigenvalue weighted by Crippen LogP contribution is 2.22. The van der Waals surface area contributed by atoms with Gasteiger partial charge in [0.2, 0.25) is 10.8 Å². The molecule has 7 heteroatoms. The largest absolute Gasteiger partial charge is 0.475 e. The number of thioether (sulfide) groups is 1. The number of hydrogen-bond acceptors (Lipinski definition) is 5. The van der Waals surface area contributed by atoms with Crippen LogP contribution in [0, 0.1) is 0 Å². The molecular weight excluding hydrogens is 280 g/mol. The molecule has 0 bridgehead atoms. The van der Waals surface area contributed by atoms with Crippen LogP contribution in [0.15, 0.2) is 16.0 Å². The summed E-state index contributed by atoms with van der Waals surface area (Å²) in [5.74, 6) is 0.516. The van der Waals surface area contributed by atoms with Gasteiger partial charge in [0, 0.05) is 0 Å². The fourth-order valence-electron chi connectivity index (χ4n) is 1.13. The minimum Gasteiger partial charge on any atom is -0.475 e. The van der Waals surface area contributed by atoms with E-state index >= 15 is 0 Å². The Kier molecular flexibility index (Phi) is 3.11. The van der Waals surface area contributed by atoms with Gasteiger partial charge >= 0.3 is 0 Å². The van der Waals surface area contributed by atoms with Crippen LogP contribution in [0.2, 0.25) is 0 Å². The highest BCUT2D eigenvalue weighted by molar-refractivity contribution is 9.10. The van der Waals surface area contributed by atoms with E-state index in [-0.39, 0.29) is 0 Å². The van der Waals surface area contributed by atoms with E-state index in [9.17, 15) is 0 Å². The molecule has 0 aliphatic carbocycles. The van der Waals surface area contributed by atoms with Crippen LogP contribution in [0.3, 0.4) is 0 Å². The Hall–Kier alpha value is -0.820. The number of imidazole rings is 1. The van der Waals surface area contributed by atoms with Crippen LogP contribution < -0.4 is 4.74 Å². The van der Waals surface area contributed by atoms with Crippen molar-refractivity contribution in [2.24, 2.45) is 0 Å². The van der Waals surface area contributed by atoms with Gasteiger partial charge < -0.3 is 4.74 Å². The van der Waals surface area contributed by atoms with Crippen molar-refractivity contribution >= 4 is 33.3 Å². The highest BCUT2D eigenvalue weighted by Gasteiger charge is 2.11. The zero-order chi connectivity index (χ0) is 10.8. The second-order valence-electron chi connectivity index (χ2n) is 2.65. The zero-order valence-electron chi connectivity index (χ0n) is 8.27. The topological polar surface area (TPSA) is 52.3 Å². The average molecular weight is 289 g/mol. The molecule has 5 nitrogen and oxygen atoms in total. The van der Waals surface area contributed by atoms with Crippen molar-refractivity contribution in [2.45, 2.75) is 12.1 Å². The second-order valence-corrected chi connectivity index (χ2v) is 4.24. The summed E-state index contributed by atoms with van der Waals surface area (Å²) in [4.78, 5) is 8.42. The van der Waals surface area contributed by atoms with Crippen molar-refractivity contribution in [3.8, 4) is 5.88 Å². The summed E-state index contributed by atoms with van der Waals surface area (Å²) in [5.41, 5.74) is 0.626. The van der Waals surface area contributed by atoms with Gasteiger partial charge in [0.25, 0.3) is 5.88 Å². The molecule has 80 valence electrons. The van der Waals surface area contributed by atoms with Gasteiger partial charge in [-0.2, -0.15) is 9.50 Å². The molecule has 0 radical (unpaired) electrons. The van der Waals surface area contributed by atoms with Crippen LogP contribution in [0.4, 0.5) is 0 Å². The van der Waals surface area contributed by atoms with Crippen LogP contribution in [-0.2, 0) is 0 Å². The maximum atomic E-state index is 5.41. The summed E-state index contributed by atoms with van der Waals surface area (Å²) < 4.78 is 7.86. The van der Waals surface area contributed by atoms with Crippen LogP contribution in [0.25, 0.3) is 5.65 Å². The Balaban J connectivity index is 2.65. The first-order valence-corrected chi connectivity index (χ1v) is 6.36. The lowest BCUT2D eigenvalue weighted by atomic mass is 10.7. The van der Waals surface area contributed by atoms with Gasteiger partial charge in [-0.15, -0.1) is 5.10 Å². The van der Waals surface area contributed by atoms with Crippen molar-refractivity contribution < 1.29 is 4.74 Å². The molecule has 0 unspecified atom stereocenters. The fourth-order valence-corrected chi connectivity index (χ4v) is 1.82. The molecule has 0 atom stereocenters. The smallest absolute Gasteiger partial charge is 0.262 e. The quantitative estimate of drug-likeness (QED) is 0.809. The minimum absolute atomic E-state index is 0.516. The lowest BCUT2D eigenvalue weighted by molar-refractivity contribution is 0.323. The summed E-state index contributed by atoms with van der Waals surface area (Å²) in [6.07, 6.45) is 3.60. The maximum Gasteiger partial charge on any atom is 0.262 e. The number of fused-ring (bicyclic) bond motifs is 1. The van der Waals surface area contributed by atoms with Gasteiger partial charge in [0.05, 0.1) is 12.8 Å². The molecule has 2 rings (SSSR count). The van der Waals surface area contributed by atoms with Gasteiger partial charge in [-0.3, -0.25) is 0 Å². The van der Waals surface area contributed by atoms with Crippen LogP contribution in [0.1, 0.15) is 6.92 Å². The van der Waals surface area contributed by atoms with Gasteiger partial charge in [-0.25, -0.2) is 4.98 Å². The van der Waals surface area contributed by atoms with Crippen molar-refractivity contribution in [3.05, 3.63) is 10.8 Å². The van der Waals surface area contributed by atoms with Crippen molar-refractivity contribution in [1.82, 2.24) is 19.6 Å². The molecule has 2 heterocycles. The lowest BCUT2D eigenvalue weighted by Crippen LogP contribution is -2.03. The van der Waals surface area contributed by atoms with Crippen molar-refractivity contribution in [1.29, 1.82) is 0 Å². The van der Waals surface area contributed by atoms with E-state index in [1.165, 1.54) is 11.8 Å². The second kappa shape index (κ2) is 4.36. The number of nitrogens with zero attached hydrogens (tertiary/aromatic N) is 4. The first-order chi connectivity index (χ1) is 7.26. The molecular formula is C8H9BrN4OS. The predicted octanol–water partition coefficient (Wildman–Crippen LogP) is 2.01. The molecule has 2 aromatic heterocycles. The van der Waals surface area contributed by atoms with E-state index in [4.69, 9.17) is 4.74 Å². The summed E-state index contributed by atoms with van der Waals surface area (Å²) in [6, 6.07) is 0. The third-order valence-corrected chi connectivity index (χ3v) is 2.81. The minimum atomic E-state index is 0.516. The molecule has 0 amide bonds. The SMILES string of the molecule is CCOc1nc(SC)nn2c(Br)cnc12. The molecule has 0 aromatic carbocycles. The van der Waals surface area contributed by atoms with E-state index in [2.05, 4.69) is 31.0 Å². The van der Waals surface area contributed by atoms with E-state index in [0.717, 1.165) is 4.60 Å². The van der Waals surface area contributed by atoms with E-state index < -0.39 is 0 Å². The molecule has 15 heavy (non-hydrogen) atoms. The first kappa shape index (κ1) is 10.7. The number of ether oxygens (including phenoxy) is 1. The maximum absolute atomic E-state index is 5.41. The molecule has 0 saturated heterocycles. The molecule has 0 N–H and O–H groups in total. The molecule has 0 fully saturated rings. The number of aromatic nitrogens is 4. The molecule has 0 saturated carbocycles. The summed E-state index contributed by atoms with van der Waals surface area (Å²) in [5, 5.41) is 4.93. The first-order valence-electron chi connectivity index (χ1n) is 4.34. The standard InChI is InChI=1S/C8H9BrN4OS/c1-3-14-7-6-10-4-5(9)13(6)12-8(11-7)15-2/h4H,3H2,1-2H3. The summed E-state index contributed by atoms with van der Waals surface area (Å²) >= 11 is 4.82.